The highest BCUT2D eigenvalue weighted by molar-refractivity contribution is 9.09. The largest absolute Gasteiger partial charge is 0.352 e. The van der Waals surface area contributed by atoms with Gasteiger partial charge in [0.1, 0.15) is 5.56 Å². The van der Waals surface area contributed by atoms with Gasteiger partial charge in [0.05, 0.1) is 4.92 Å². The fourth-order valence-electron chi connectivity index (χ4n) is 1.63. The molecule has 0 aromatic heterocycles. The SMILES string of the molecule is CCC(Br)CCNC(=O)c1cc(C)ccc1[N+](=O)[O-]. The van der Waals surface area contributed by atoms with Crippen LogP contribution < -0.4 is 5.32 Å². The molecule has 0 aliphatic heterocycles. The van der Waals surface area contributed by atoms with Gasteiger partial charge in [0.25, 0.3) is 11.6 Å². The number of nitrogens with one attached hydrogen (secondary N) is 1. The minimum Gasteiger partial charge on any atom is -0.352 e. The van der Waals surface area contributed by atoms with Crippen molar-refractivity contribution < 1.29 is 9.72 Å². The molecule has 1 atom stereocenters. The van der Waals surface area contributed by atoms with E-state index in [1.54, 1.807) is 19.1 Å². The molecule has 104 valence electrons. The maximum Gasteiger partial charge on any atom is 0.282 e. The first-order valence-corrected chi connectivity index (χ1v) is 7.04. The highest BCUT2D eigenvalue weighted by Gasteiger charge is 2.19. The summed E-state index contributed by atoms with van der Waals surface area (Å²) < 4.78 is 0. The number of nitro groups is 1. The highest BCUT2D eigenvalue weighted by Crippen LogP contribution is 2.19. The molecule has 0 radical (unpaired) electrons. The van der Waals surface area contributed by atoms with Crippen LogP contribution in [0.2, 0.25) is 0 Å². The standard InChI is InChI=1S/C13H17BrN2O3/c1-3-10(14)6-7-15-13(17)11-8-9(2)4-5-12(11)16(18)19/h4-5,8,10H,3,6-7H2,1-2H3,(H,15,17). The molecule has 1 rings (SSSR count). The molecule has 0 aliphatic rings. The molecule has 0 bridgehead atoms. The van der Waals surface area contributed by atoms with E-state index in [-0.39, 0.29) is 11.3 Å². The Hall–Kier alpha value is -1.43. The minimum atomic E-state index is -0.534. The number of nitro benzene ring substituents is 1. The molecule has 0 saturated carbocycles. The van der Waals surface area contributed by atoms with Crippen molar-refractivity contribution in [3.8, 4) is 0 Å². The van der Waals surface area contributed by atoms with E-state index in [0.717, 1.165) is 18.4 Å². The zero-order chi connectivity index (χ0) is 14.4. The molecular weight excluding hydrogens is 312 g/mol. The third-order valence-electron chi connectivity index (χ3n) is 2.78. The summed E-state index contributed by atoms with van der Waals surface area (Å²) in [5.41, 5.74) is 0.782. The van der Waals surface area contributed by atoms with Crippen molar-refractivity contribution in [1.29, 1.82) is 0 Å². The predicted octanol–water partition coefficient (Wildman–Crippen LogP) is 3.20. The summed E-state index contributed by atoms with van der Waals surface area (Å²) in [6.07, 6.45) is 1.77. The van der Waals surface area contributed by atoms with Gasteiger partial charge in [-0.1, -0.05) is 28.9 Å². The summed E-state index contributed by atoms with van der Waals surface area (Å²) >= 11 is 3.47. The van der Waals surface area contributed by atoms with Crippen LogP contribution in [0.25, 0.3) is 0 Å². The number of benzene rings is 1. The summed E-state index contributed by atoms with van der Waals surface area (Å²) in [5, 5.41) is 13.6. The van der Waals surface area contributed by atoms with Crippen LogP contribution in [0.3, 0.4) is 0 Å². The Morgan fingerprint density at radius 1 is 1.53 bits per heavy atom. The van der Waals surface area contributed by atoms with E-state index in [2.05, 4.69) is 21.2 Å². The van der Waals surface area contributed by atoms with E-state index in [1.165, 1.54) is 6.07 Å². The lowest BCUT2D eigenvalue weighted by Crippen LogP contribution is -2.26. The van der Waals surface area contributed by atoms with Crippen molar-refractivity contribution in [2.24, 2.45) is 0 Å². The Morgan fingerprint density at radius 3 is 2.79 bits per heavy atom. The molecule has 1 aromatic carbocycles. The van der Waals surface area contributed by atoms with Gasteiger partial charge in [0.15, 0.2) is 0 Å². The molecule has 1 aromatic rings. The number of hydrogen-bond donors (Lipinski definition) is 1. The van der Waals surface area contributed by atoms with Gasteiger partial charge < -0.3 is 5.32 Å². The molecule has 0 aliphatic carbocycles. The number of amides is 1. The molecule has 1 unspecified atom stereocenters. The lowest BCUT2D eigenvalue weighted by atomic mass is 10.1. The van der Waals surface area contributed by atoms with E-state index in [1.807, 2.05) is 6.92 Å². The van der Waals surface area contributed by atoms with Crippen LogP contribution in [-0.4, -0.2) is 22.2 Å². The Kier molecular flexibility index (Phi) is 5.95. The third kappa shape index (κ3) is 4.63. The highest BCUT2D eigenvalue weighted by atomic mass is 79.9. The van der Waals surface area contributed by atoms with Crippen LogP contribution in [0.5, 0.6) is 0 Å². The van der Waals surface area contributed by atoms with Gasteiger partial charge in [-0.15, -0.1) is 0 Å². The molecule has 1 N–H and O–H groups in total. The van der Waals surface area contributed by atoms with E-state index in [4.69, 9.17) is 0 Å². The van der Waals surface area contributed by atoms with Crippen molar-refractivity contribution in [1.82, 2.24) is 5.32 Å². The van der Waals surface area contributed by atoms with Crippen LogP contribution in [0.1, 0.15) is 35.7 Å². The summed E-state index contributed by atoms with van der Waals surface area (Å²) in [4.78, 5) is 22.7. The number of rotatable bonds is 6. The van der Waals surface area contributed by atoms with Gasteiger partial charge in [-0.2, -0.15) is 0 Å². The Morgan fingerprint density at radius 2 is 2.21 bits per heavy atom. The smallest absolute Gasteiger partial charge is 0.282 e. The number of alkyl halides is 1. The molecule has 0 spiro atoms. The number of nitrogens with zero attached hydrogens (tertiary/aromatic N) is 1. The molecule has 0 fully saturated rings. The topological polar surface area (TPSA) is 72.2 Å². The molecule has 5 nitrogen and oxygen atoms in total. The molecule has 6 heteroatoms. The normalized spacial score (nSPS) is 11.9. The zero-order valence-corrected chi connectivity index (χ0v) is 12.6. The van der Waals surface area contributed by atoms with E-state index < -0.39 is 10.8 Å². The number of carbonyl (C=O) groups is 1. The molecule has 1 amide bonds. The van der Waals surface area contributed by atoms with Gasteiger partial charge in [0, 0.05) is 17.4 Å². The van der Waals surface area contributed by atoms with Crippen LogP contribution in [0, 0.1) is 17.0 Å². The van der Waals surface area contributed by atoms with Crippen molar-refractivity contribution in [2.45, 2.75) is 31.5 Å². The number of aryl methyl sites for hydroxylation is 1. The summed E-state index contributed by atoms with van der Waals surface area (Å²) in [6.45, 7) is 4.34. The van der Waals surface area contributed by atoms with Crippen LogP contribution in [0.4, 0.5) is 5.69 Å². The second kappa shape index (κ2) is 7.23. The summed E-state index contributed by atoms with van der Waals surface area (Å²) in [5.74, 6) is -0.397. The number of hydrogen-bond acceptors (Lipinski definition) is 3. The van der Waals surface area contributed by atoms with Gasteiger partial charge in [-0.05, 0) is 31.4 Å². The monoisotopic (exact) mass is 328 g/mol. The fourth-order valence-corrected chi connectivity index (χ4v) is 1.86. The maximum atomic E-state index is 12.0. The first-order chi connectivity index (χ1) is 8.95. The van der Waals surface area contributed by atoms with Crippen molar-refractivity contribution >= 4 is 27.5 Å². The van der Waals surface area contributed by atoms with E-state index in [0.29, 0.717) is 11.4 Å². The fraction of sp³-hybridized carbons (Fsp3) is 0.462. The van der Waals surface area contributed by atoms with Gasteiger partial charge >= 0.3 is 0 Å². The molecule has 0 heterocycles. The van der Waals surface area contributed by atoms with Crippen molar-refractivity contribution in [3.63, 3.8) is 0 Å². The van der Waals surface area contributed by atoms with Gasteiger partial charge in [-0.25, -0.2) is 0 Å². The quantitative estimate of drug-likeness (QED) is 0.495. The molecular formula is C13H17BrN2O3. The average Bonchev–Trinajstić information content (AvgIpc) is 2.37. The van der Waals surface area contributed by atoms with Gasteiger partial charge in [-0.3, -0.25) is 14.9 Å². The second-order valence-corrected chi connectivity index (χ2v) is 5.62. The number of carbonyl (C=O) groups excluding carboxylic acids is 1. The van der Waals surface area contributed by atoms with Crippen LogP contribution >= 0.6 is 15.9 Å². The van der Waals surface area contributed by atoms with Crippen molar-refractivity contribution in [2.75, 3.05) is 6.54 Å². The maximum absolute atomic E-state index is 12.0. The summed E-state index contributed by atoms with van der Waals surface area (Å²) in [7, 11) is 0. The van der Waals surface area contributed by atoms with Crippen molar-refractivity contribution in [3.05, 3.63) is 39.4 Å². The second-order valence-electron chi connectivity index (χ2n) is 4.33. The van der Waals surface area contributed by atoms with Crippen LogP contribution in [-0.2, 0) is 0 Å². The molecule has 0 saturated heterocycles. The summed E-state index contributed by atoms with van der Waals surface area (Å²) in [6, 6.07) is 4.53. The first kappa shape index (κ1) is 15.6. The first-order valence-electron chi connectivity index (χ1n) is 6.13. The zero-order valence-electron chi connectivity index (χ0n) is 11.0. The molecule has 19 heavy (non-hydrogen) atoms. The number of halogens is 1. The predicted molar refractivity (Wildman–Crippen MR) is 77.8 cm³/mol. The van der Waals surface area contributed by atoms with Crippen LogP contribution in [0.15, 0.2) is 18.2 Å². The minimum absolute atomic E-state index is 0.118. The lowest BCUT2D eigenvalue weighted by Gasteiger charge is -2.09. The Balaban J connectivity index is 2.76. The Bertz CT molecular complexity index is 477. The Labute approximate surface area is 120 Å². The van der Waals surface area contributed by atoms with Gasteiger partial charge in [0.2, 0.25) is 0 Å². The average molecular weight is 329 g/mol. The lowest BCUT2D eigenvalue weighted by molar-refractivity contribution is -0.385. The third-order valence-corrected chi connectivity index (χ3v) is 3.88. The van der Waals surface area contributed by atoms with E-state index in [9.17, 15) is 14.9 Å². The van der Waals surface area contributed by atoms with E-state index >= 15 is 0 Å².